The third-order valence-corrected chi connectivity index (χ3v) is 3.10. The lowest BCUT2D eigenvalue weighted by Gasteiger charge is -2.31. The Labute approximate surface area is 122 Å². The molecular weight excluding hydrogens is 283 g/mol. The van der Waals surface area contributed by atoms with Gasteiger partial charge in [0.05, 0.1) is 11.6 Å². The molecule has 0 aliphatic carbocycles. The zero-order chi connectivity index (χ0) is 15.3. The number of nitrogens with one attached hydrogen (secondary N) is 1. The van der Waals surface area contributed by atoms with E-state index in [1.807, 2.05) is 20.8 Å². The quantitative estimate of drug-likeness (QED) is 0.849. The predicted octanol–water partition coefficient (Wildman–Crippen LogP) is 2.35. The van der Waals surface area contributed by atoms with Gasteiger partial charge >= 0.3 is 0 Å². The van der Waals surface area contributed by atoms with E-state index in [0.717, 1.165) is 0 Å². The van der Waals surface area contributed by atoms with E-state index in [1.54, 1.807) is 12.1 Å². The summed E-state index contributed by atoms with van der Waals surface area (Å²) in [5.74, 6) is -0.899. The number of hydrogen-bond acceptors (Lipinski definition) is 2. The molecular formula is C14H18ClFN2O2. The molecule has 110 valence electrons. The first-order valence-electron chi connectivity index (χ1n) is 6.17. The van der Waals surface area contributed by atoms with Crippen LogP contribution < -0.4 is 5.32 Å². The molecule has 0 aromatic heterocycles. The number of hydrogen-bond donors (Lipinski definition) is 1. The number of carbonyl (C=O) groups excluding carboxylic acids is 2. The topological polar surface area (TPSA) is 49.4 Å². The molecule has 0 spiro atoms. The highest BCUT2D eigenvalue weighted by Gasteiger charge is 2.21. The average molecular weight is 301 g/mol. The highest BCUT2D eigenvalue weighted by Crippen LogP contribution is 2.17. The molecule has 6 heteroatoms. The van der Waals surface area contributed by atoms with Crippen molar-refractivity contribution >= 4 is 23.9 Å². The molecule has 1 rings (SSSR count). The Morgan fingerprint density at radius 1 is 1.45 bits per heavy atom. The average Bonchev–Trinajstić information content (AvgIpc) is 2.36. The molecule has 4 nitrogen and oxygen atoms in total. The summed E-state index contributed by atoms with van der Waals surface area (Å²) in [6.45, 7) is 5.43. The van der Waals surface area contributed by atoms with Crippen LogP contribution in [-0.2, 0) is 16.1 Å². The smallest absolute Gasteiger partial charge is 0.239 e. The molecule has 1 aromatic carbocycles. The lowest BCUT2D eigenvalue weighted by Crippen LogP contribution is -2.46. The normalized spacial score (nSPS) is 11.1. The number of rotatable bonds is 5. The van der Waals surface area contributed by atoms with Crippen LogP contribution in [0.15, 0.2) is 18.2 Å². The van der Waals surface area contributed by atoms with Gasteiger partial charge in [0.2, 0.25) is 12.3 Å². The summed E-state index contributed by atoms with van der Waals surface area (Å²) in [7, 11) is 0. The molecule has 0 unspecified atom stereocenters. The first kappa shape index (κ1) is 16.4. The summed E-state index contributed by atoms with van der Waals surface area (Å²) in [5.41, 5.74) is -0.139. The van der Waals surface area contributed by atoms with Gasteiger partial charge in [-0.15, -0.1) is 0 Å². The van der Waals surface area contributed by atoms with Gasteiger partial charge in [0.15, 0.2) is 0 Å². The fourth-order valence-corrected chi connectivity index (χ4v) is 1.72. The van der Waals surface area contributed by atoms with E-state index in [9.17, 15) is 14.0 Å². The Balaban J connectivity index is 2.60. The van der Waals surface area contributed by atoms with Crippen LogP contribution in [0.25, 0.3) is 0 Å². The fourth-order valence-electron chi connectivity index (χ4n) is 1.52. The largest absolute Gasteiger partial charge is 0.350 e. The van der Waals surface area contributed by atoms with Gasteiger partial charge in [-0.2, -0.15) is 0 Å². The molecule has 0 bridgehead atoms. The Morgan fingerprint density at radius 2 is 2.10 bits per heavy atom. The Hall–Kier alpha value is -1.62. The zero-order valence-corrected chi connectivity index (χ0v) is 12.5. The van der Waals surface area contributed by atoms with Crippen LogP contribution in [0.4, 0.5) is 4.39 Å². The molecule has 1 N–H and O–H groups in total. The third-order valence-electron chi connectivity index (χ3n) is 2.81. The number of amides is 2. The Morgan fingerprint density at radius 3 is 2.65 bits per heavy atom. The highest BCUT2D eigenvalue weighted by atomic mass is 35.5. The first-order valence-corrected chi connectivity index (χ1v) is 6.55. The molecule has 0 saturated heterocycles. The Kier molecular flexibility index (Phi) is 5.51. The van der Waals surface area contributed by atoms with Crippen molar-refractivity contribution in [3.05, 3.63) is 34.6 Å². The SMILES string of the molecule is CC(C)(C)N(C=O)CC(=O)NCc1cccc(Cl)c1F. The van der Waals surface area contributed by atoms with E-state index in [2.05, 4.69) is 5.32 Å². The number of halogens is 2. The van der Waals surface area contributed by atoms with E-state index in [4.69, 9.17) is 11.6 Å². The van der Waals surface area contributed by atoms with Crippen molar-refractivity contribution in [1.82, 2.24) is 10.2 Å². The van der Waals surface area contributed by atoms with Gasteiger partial charge in [-0.25, -0.2) is 4.39 Å². The summed E-state index contributed by atoms with van der Waals surface area (Å²) in [6.07, 6.45) is 0.625. The van der Waals surface area contributed by atoms with Crippen molar-refractivity contribution < 1.29 is 14.0 Å². The monoisotopic (exact) mass is 300 g/mol. The first-order chi connectivity index (χ1) is 9.25. The molecule has 2 amide bonds. The molecule has 0 heterocycles. The van der Waals surface area contributed by atoms with Crippen LogP contribution in [0.3, 0.4) is 0 Å². The number of nitrogens with zero attached hydrogens (tertiary/aromatic N) is 1. The third kappa shape index (κ3) is 4.49. The molecule has 20 heavy (non-hydrogen) atoms. The van der Waals surface area contributed by atoms with Crippen LogP contribution in [0, 0.1) is 5.82 Å². The van der Waals surface area contributed by atoms with Crippen molar-refractivity contribution in [3.8, 4) is 0 Å². The van der Waals surface area contributed by atoms with Crippen molar-refractivity contribution in [2.45, 2.75) is 32.9 Å². The molecule has 0 radical (unpaired) electrons. The van der Waals surface area contributed by atoms with Crippen LogP contribution >= 0.6 is 11.6 Å². The molecule has 0 atom stereocenters. The van der Waals surface area contributed by atoms with E-state index in [0.29, 0.717) is 12.0 Å². The van der Waals surface area contributed by atoms with E-state index in [-0.39, 0.29) is 24.0 Å². The molecule has 1 aromatic rings. The highest BCUT2D eigenvalue weighted by molar-refractivity contribution is 6.30. The summed E-state index contributed by atoms with van der Waals surface area (Å²) in [5, 5.41) is 2.58. The lowest BCUT2D eigenvalue weighted by atomic mass is 10.1. The van der Waals surface area contributed by atoms with Gasteiger partial charge in [-0.05, 0) is 26.8 Å². The maximum atomic E-state index is 13.6. The molecule has 0 aliphatic heterocycles. The van der Waals surface area contributed by atoms with Gasteiger partial charge in [0.1, 0.15) is 5.82 Å². The molecule has 0 aliphatic rings. The summed E-state index contributed by atoms with van der Waals surface area (Å²) in [6, 6.07) is 4.60. The molecule has 0 saturated carbocycles. The van der Waals surface area contributed by atoms with Gasteiger partial charge in [-0.3, -0.25) is 9.59 Å². The van der Waals surface area contributed by atoms with Crippen LogP contribution in [0.2, 0.25) is 5.02 Å². The second-order valence-electron chi connectivity index (χ2n) is 5.39. The standard InChI is InChI=1S/C14H18ClFN2O2/c1-14(2,3)18(9-19)8-12(20)17-7-10-5-4-6-11(15)13(10)16/h4-6,9H,7-8H2,1-3H3,(H,17,20). The maximum Gasteiger partial charge on any atom is 0.239 e. The Bertz CT molecular complexity index is 500. The maximum absolute atomic E-state index is 13.6. The van der Waals surface area contributed by atoms with Gasteiger partial charge in [-0.1, -0.05) is 23.7 Å². The van der Waals surface area contributed by atoms with E-state index < -0.39 is 11.4 Å². The van der Waals surface area contributed by atoms with Crippen molar-refractivity contribution in [2.75, 3.05) is 6.54 Å². The van der Waals surface area contributed by atoms with Crippen molar-refractivity contribution in [1.29, 1.82) is 0 Å². The minimum atomic E-state index is -0.544. The zero-order valence-electron chi connectivity index (χ0n) is 11.7. The van der Waals surface area contributed by atoms with E-state index in [1.165, 1.54) is 11.0 Å². The molecule has 0 fully saturated rings. The number of benzene rings is 1. The fraction of sp³-hybridized carbons (Fsp3) is 0.429. The van der Waals surface area contributed by atoms with Crippen LogP contribution in [0.5, 0.6) is 0 Å². The summed E-state index contributed by atoms with van der Waals surface area (Å²) in [4.78, 5) is 24.1. The van der Waals surface area contributed by atoms with Gasteiger partial charge in [0.25, 0.3) is 0 Å². The second kappa shape index (κ2) is 6.70. The van der Waals surface area contributed by atoms with Crippen molar-refractivity contribution in [2.24, 2.45) is 0 Å². The van der Waals surface area contributed by atoms with E-state index >= 15 is 0 Å². The summed E-state index contributed by atoms with van der Waals surface area (Å²) < 4.78 is 13.6. The minimum absolute atomic E-state index is 0.0148. The predicted molar refractivity (Wildman–Crippen MR) is 75.8 cm³/mol. The van der Waals surface area contributed by atoms with Gasteiger partial charge in [0, 0.05) is 17.6 Å². The summed E-state index contributed by atoms with van der Waals surface area (Å²) >= 11 is 5.65. The second-order valence-corrected chi connectivity index (χ2v) is 5.80. The minimum Gasteiger partial charge on any atom is -0.350 e. The number of carbonyl (C=O) groups is 2. The van der Waals surface area contributed by atoms with Crippen molar-refractivity contribution in [3.63, 3.8) is 0 Å². The van der Waals surface area contributed by atoms with Crippen LogP contribution in [-0.4, -0.2) is 29.3 Å². The van der Waals surface area contributed by atoms with Crippen LogP contribution in [0.1, 0.15) is 26.3 Å². The lowest BCUT2D eigenvalue weighted by molar-refractivity contribution is -0.131. The van der Waals surface area contributed by atoms with Gasteiger partial charge < -0.3 is 10.2 Å².